The Balaban J connectivity index is 1.45. The summed E-state index contributed by atoms with van der Waals surface area (Å²) in [5.41, 5.74) is 4.10. The number of carbonyl (C=O) groups is 3. The van der Waals surface area contributed by atoms with Crippen LogP contribution in [0.25, 0.3) is 6.08 Å². The van der Waals surface area contributed by atoms with E-state index in [-0.39, 0.29) is 22.5 Å². The highest BCUT2D eigenvalue weighted by Gasteiger charge is 2.18. The fraction of sp³-hybridized carbons (Fsp3) is 0.121. The zero-order chi connectivity index (χ0) is 30.9. The van der Waals surface area contributed by atoms with Gasteiger partial charge < -0.3 is 16.0 Å². The van der Waals surface area contributed by atoms with Crippen molar-refractivity contribution in [3.63, 3.8) is 0 Å². The number of hydrogen-bond acceptors (Lipinski definition) is 6. The average Bonchev–Trinajstić information content (AvgIpc) is 3.00. The number of non-ortho nitro benzene ring substituents is 1. The third kappa shape index (κ3) is 8.40. The van der Waals surface area contributed by atoms with Crippen molar-refractivity contribution in [2.75, 3.05) is 10.6 Å². The number of hydrogen-bond donors (Lipinski definition) is 3. The van der Waals surface area contributed by atoms with Crippen LogP contribution in [-0.2, 0) is 9.59 Å². The monoisotopic (exact) mass is 594 g/mol. The highest BCUT2D eigenvalue weighted by atomic mass is 32.2. The van der Waals surface area contributed by atoms with Crippen LogP contribution in [0.3, 0.4) is 0 Å². The predicted molar refractivity (Wildman–Crippen MR) is 170 cm³/mol. The summed E-state index contributed by atoms with van der Waals surface area (Å²) in [6.45, 7) is 5.79. The van der Waals surface area contributed by atoms with Crippen molar-refractivity contribution in [1.29, 1.82) is 0 Å². The Bertz CT molecular complexity index is 1670. The van der Waals surface area contributed by atoms with E-state index in [1.54, 1.807) is 54.6 Å². The molecular weight excluding hydrogens is 564 g/mol. The van der Waals surface area contributed by atoms with Gasteiger partial charge in [0, 0.05) is 34.0 Å². The summed E-state index contributed by atoms with van der Waals surface area (Å²) < 4.78 is 0. The average molecular weight is 595 g/mol. The van der Waals surface area contributed by atoms with Gasteiger partial charge in [-0.05, 0) is 98.1 Å². The van der Waals surface area contributed by atoms with Gasteiger partial charge in [0.05, 0.1) is 10.2 Å². The Morgan fingerprint density at radius 2 is 1.51 bits per heavy atom. The molecule has 0 radical (unpaired) electrons. The van der Waals surface area contributed by atoms with Crippen LogP contribution in [0.2, 0.25) is 0 Å². The second kappa shape index (κ2) is 14.1. The molecule has 0 saturated carbocycles. The molecule has 3 N–H and O–H groups in total. The number of nitro benzene ring substituents is 1. The zero-order valence-corrected chi connectivity index (χ0v) is 24.6. The number of anilines is 2. The minimum Gasteiger partial charge on any atom is -0.325 e. The molecule has 0 aliphatic heterocycles. The lowest BCUT2D eigenvalue weighted by Gasteiger charge is -2.15. The predicted octanol–water partition coefficient (Wildman–Crippen LogP) is 6.74. The number of carbonyl (C=O) groups excluding carboxylic acids is 3. The molecule has 4 aromatic carbocycles. The number of amides is 3. The van der Waals surface area contributed by atoms with Gasteiger partial charge in [-0.25, -0.2) is 0 Å². The van der Waals surface area contributed by atoms with Crippen molar-refractivity contribution in [3.8, 4) is 0 Å². The highest BCUT2D eigenvalue weighted by molar-refractivity contribution is 8.00. The van der Waals surface area contributed by atoms with Gasteiger partial charge in [-0.2, -0.15) is 0 Å². The first kappa shape index (κ1) is 30.7. The Morgan fingerprint density at radius 1 is 0.837 bits per heavy atom. The van der Waals surface area contributed by atoms with Crippen LogP contribution in [0.1, 0.15) is 34.0 Å². The number of thioether (sulfide) groups is 1. The fourth-order valence-corrected chi connectivity index (χ4v) is 4.86. The van der Waals surface area contributed by atoms with E-state index in [9.17, 15) is 24.5 Å². The summed E-state index contributed by atoms with van der Waals surface area (Å²) >= 11 is 1.38. The van der Waals surface area contributed by atoms with Crippen LogP contribution >= 0.6 is 11.8 Å². The van der Waals surface area contributed by atoms with Gasteiger partial charge in [0.2, 0.25) is 5.91 Å². The van der Waals surface area contributed by atoms with E-state index in [1.807, 2.05) is 39.0 Å². The van der Waals surface area contributed by atoms with E-state index in [0.29, 0.717) is 16.8 Å². The number of nitro groups is 1. The Kier molecular flexibility index (Phi) is 10.1. The SMILES string of the molecule is Cc1cccc(NC(=O)C(C)Sc2ccc(NC(=O)/C(=C/c3ccc([N+](=O)[O-])cc3)NC(=O)c3ccccc3)cc2)c1C. The smallest absolute Gasteiger partial charge is 0.272 e. The number of nitrogens with zero attached hydrogens (tertiary/aromatic N) is 1. The third-order valence-electron chi connectivity index (χ3n) is 6.60. The van der Waals surface area contributed by atoms with Crippen molar-refractivity contribution < 1.29 is 19.3 Å². The molecule has 43 heavy (non-hydrogen) atoms. The Labute approximate surface area is 253 Å². The molecule has 218 valence electrons. The van der Waals surface area contributed by atoms with E-state index in [1.165, 1.54) is 42.1 Å². The maximum absolute atomic E-state index is 13.3. The number of benzene rings is 4. The van der Waals surface area contributed by atoms with Gasteiger partial charge in [-0.3, -0.25) is 24.5 Å². The molecule has 0 spiro atoms. The fourth-order valence-electron chi connectivity index (χ4n) is 4.00. The van der Waals surface area contributed by atoms with Crippen LogP contribution < -0.4 is 16.0 Å². The summed E-state index contributed by atoms with van der Waals surface area (Å²) in [6.07, 6.45) is 1.44. The van der Waals surface area contributed by atoms with Gasteiger partial charge in [-0.15, -0.1) is 11.8 Å². The minimum atomic E-state index is -0.579. The van der Waals surface area contributed by atoms with Crippen molar-refractivity contribution >= 4 is 52.6 Å². The van der Waals surface area contributed by atoms with Crippen molar-refractivity contribution in [2.45, 2.75) is 30.9 Å². The molecule has 0 aliphatic carbocycles. The normalized spacial score (nSPS) is 11.7. The number of aryl methyl sites for hydroxylation is 1. The van der Waals surface area contributed by atoms with Crippen LogP contribution in [0.4, 0.5) is 17.1 Å². The first-order valence-corrected chi connectivity index (χ1v) is 14.3. The molecule has 0 heterocycles. The number of rotatable bonds is 10. The maximum atomic E-state index is 13.3. The molecule has 4 aromatic rings. The van der Waals surface area contributed by atoms with E-state index in [4.69, 9.17) is 0 Å². The first-order valence-electron chi connectivity index (χ1n) is 13.4. The molecule has 9 nitrogen and oxygen atoms in total. The van der Waals surface area contributed by atoms with Gasteiger partial charge in [0.25, 0.3) is 17.5 Å². The van der Waals surface area contributed by atoms with E-state index in [2.05, 4.69) is 16.0 Å². The molecule has 0 bridgehead atoms. The molecule has 1 atom stereocenters. The van der Waals surface area contributed by atoms with E-state index < -0.39 is 16.7 Å². The zero-order valence-electron chi connectivity index (χ0n) is 23.8. The minimum absolute atomic E-state index is 0.0436. The number of nitrogens with one attached hydrogen (secondary N) is 3. The van der Waals surface area contributed by atoms with Gasteiger partial charge in [-0.1, -0.05) is 30.3 Å². The lowest BCUT2D eigenvalue weighted by atomic mass is 10.1. The molecule has 3 amide bonds. The quantitative estimate of drug-likeness (QED) is 0.0807. The molecular formula is C33H30N4O5S. The van der Waals surface area contributed by atoms with Gasteiger partial charge in [0.15, 0.2) is 0 Å². The second-order valence-corrected chi connectivity index (χ2v) is 11.1. The first-order chi connectivity index (χ1) is 20.6. The van der Waals surface area contributed by atoms with Crippen molar-refractivity contribution in [3.05, 3.63) is 135 Å². The summed E-state index contributed by atoms with van der Waals surface area (Å²) in [5.74, 6) is -1.18. The molecule has 0 saturated heterocycles. The van der Waals surface area contributed by atoms with Gasteiger partial charge >= 0.3 is 0 Å². The van der Waals surface area contributed by atoms with Crippen LogP contribution in [0, 0.1) is 24.0 Å². The molecule has 10 heteroatoms. The summed E-state index contributed by atoms with van der Waals surface area (Å²) in [5, 5.41) is 19.0. The van der Waals surface area contributed by atoms with Crippen molar-refractivity contribution in [1.82, 2.24) is 5.32 Å². The molecule has 1 unspecified atom stereocenters. The molecule has 0 aliphatic rings. The standard InChI is InChI=1S/C33H30N4O5S/c1-21-8-7-11-29(22(21)2)35-31(38)23(3)43-28-18-14-26(15-19-28)34-33(40)30(36-32(39)25-9-5-4-6-10-25)20-24-12-16-27(17-13-24)37(41)42/h4-20,23H,1-3H3,(H,34,40)(H,35,38)(H,36,39)/b30-20-. The molecule has 0 fully saturated rings. The lowest BCUT2D eigenvalue weighted by molar-refractivity contribution is -0.384. The lowest BCUT2D eigenvalue weighted by Crippen LogP contribution is -2.30. The van der Waals surface area contributed by atoms with E-state index >= 15 is 0 Å². The van der Waals surface area contributed by atoms with E-state index in [0.717, 1.165) is 21.7 Å². The second-order valence-electron chi connectivity index (χ2n) is 9.70. The highest BCUT2D eigenvalue weighted by Crippen LogP contribution is 2.27. The maximum Gasteiger partial charge on any atom is 0.272 e. The summed E-state index contributed by atoms with van der Waals surface area (Å²) in [6, 6.07) is 26.8. The third-order valence-corrected chi connectivity index (χ3v) is 7.71. The van der Waals surface area contributed by atoms with Crippen molar-refractivity contribution in [2.24, 2.45) is 0 Å². The van der Waals surface area contributed by atoms with Gasteiger partial charge in [0.1, 0.15) is 5.70 Å². The Hall–Kier alpha value is -5.22. The topological polar surface area (TPSA) is 130 Å². The Morgan fingerprint density at radius 3 is 2.16 bits per heavy atom. The van der Waals surface area contributed by atoms with Crippen LogP contribution in [-0.4, -0.2) is 27.9 Å². The van der Waals surface area contributed by atoms with Crippen LogP contribution in [0.15, 0.2) is 108 Å². The summed E-state index contributed by atoms with van der Waals surface area (Å²) in [4.78, 5) is 50.2. The summed E-state index contributed by atoms with van der Waals surface area (Å²) in [7, 11) is 0. The largest absolute Gasteiger partial charge is 0.325 e. The molecule has 0 aromatic heterocycles. The van der Waals surface area contributed by atoms with Crippen LogP contribution in [0.5, 0.6) is 0 Å². The molecule has 4 rings (SSSR count).